The van der Waals surface area contributed by atoms with Crippen molar-refractivity contribution in [3.05, 3.63) is 298 Å². The van der Waals surface area contributed by atoms with Crippen LogP contribution in [-0.4, -0.2) is 6.41 Å². The first-order chi connectivity index (χ1) is 31.6. The molecule has 4 aliphatic rings. The molecule has 0 aromatic heterocycles. The number of allylic oxidation sites excluding steroid dienone is 8. The zero-order chi connectivity index (χ0) is 43.5. The van der Waals surface area contributed by atoms with Crippen molar-refractivity contribution in [2.45, 2.75) is 25.7 Å². The third-order valence-corrected chi connectivity index (χ3v) is 14.7. The van der Waals surface area contributed by atoms with Gasteiger partial charge in [0.2, 0.25) is 0 Å². The van der Waals surface area contributed by atoms with Gasteiger partial charge in [-0.3, -0.25) is 0 Å². The van der Waals surface area contributed by atoms with Gasteiger partial charge >= 0.3 is 198 Å². The number of fused-ring (bicyclic) bond motifs is 6. The van der Waals surface area contributed by atoms with Crippen LogP contribution in [0.25, 0.3) is 33.4 Å². The van der Waals surface area contributed by atoms with Gasteiger partial charge in [0, 0.05) is 0 Å². The molecule has 12 rings (SSSR count). The Morgan fingerprint density at radius 2 is 0.667 bits per heavy atom. The molecule has 0 saturated heterocycles. The van der Waals surface area contributed by atoms with E-state index in [1.165, 1.54) is 144 Å². The minimum Gasteiger partial charge on any atom is -0.147 e. The van der Waals surface area contributed by atoms with Crippen LogP contribution in [0.5, 0.6) is 0 Å². The van der Waals surface area contributed by atoms with E-state index in [4.69, 9.17) is 0 Å². The van der Waals surface area contributed by atoms with Crippen LogP contribution in [0, 0.1) is 12.1 Å². The molecule has 0 saturated carbocycles. The zero-order valence-electron chi connectivity index (χ0n) is 36.5. The summed E-state index contributed by atoms with van der Waals surface area (Å²) >= 11 is 2.92. The summed E-state index contributed by atoms with van der Waals surface area (Å²) in [5.74, 6) is 0. The molecule has 0 N–H and O–H groups in total. The van der Waals surface area contributed by atoms with Gasteiger partial charge in [-0.1, -0.05) is 95.1 Å². The summed E-state index contributed by atoms with van der Waals surface area (Å²) < 4.78 is 2.83. The van der Waals surface area contributed by atoms with Crippen molar-refractivity contribution in [1.29, 1.82) is 0 Å². The van der Waals surface area contributed by atoms with Crippen LogP contribution in [-0.2, 0) is 61.3 Å². The molecular weight excluding hydrogens is 998 g/mol. The quantitative estimate of drug-likeness (QED) is 0.147. The number of halogens is 2. The van der Waals surface area contributed by atoms with E-state index < -0.39 is 0 Å². The topological polar surface area (TPSA) is 0 Å². The fraction of sp³-hybridized carbons (Fsp3) is 0.0645. The number of hydrogen-bond donors (Lipinski definition) is 0. The van der Waals surface area contributed by atoms with Gasteiger partial charge < -0.3 is 24.8 Å². The Bertz CT molecular complexity index is 2760. The minimum atomic E-state index is 0. The second-order valence-corrected chi connectivity index (χ2v) is 18.5. The van der Waals surface area contributed by atoms with Crippen LogP contribution in [0.4, 0.5) is 0 Å². The van der Waals surface area contributed by atoms with Crippen LogP contribution in [0.15, 0.2) is 231 Å². The Balaban J connectivity index is 0.000000131. The van der Waals surface area contributed by atoms with Gasteiger partial charge in [-0.15, -0.1) is 82.0 Å². The maximum Gasteiger partial charge on any atom is -0.0195 e. The van der Waals surface area contributed by atoms with Gasteiger partial charge in [0.25, 0.3) is 0 Å². The molecule has 4 heteroatoms. The molecule has 0 nitrogen and oxygen atoms in total. The summed E-state index contributed by atoms with van der Waals surface area (Å²) in [6.45, 7) is 0. The molecule has 8 aromatic carbocycles. The van der Waals surface area contributed by atoms with Crippen molar-refractivity contribution in [2.75, 3.05) is 0 Å². The Labute approximate surface area is 433 Å². The molecule has 0 atom stereocenters. The fourth-order valence-electron chi connectivity index (χ4n) is 8.54. The molecule has 320 valence electrons. The van der Waals surface area contributed by atoms with Gasteiger partial charge in [0.1, 0.15) is 0 Å². The number of hydrogen-bond acceptors (Lipinski definition) is 0. The maximum atomic E-state index is 3.61. The molecule has 0 radical (unpaired) electrons. The van der Waals surface area contributed by atoms with Crippen LogP contribution in [0.1, 0.15) is 68.5 Å². The average Bonchev–Trinajstić information content (AvgIpc) is 4.22. The molecule has 8 aromatic rings. The van der Waals surface area contributed by atoms with Crippen molar-refractivity contribution in [3.8, 4) is 22.3 Å². The molecule has 0 aliphatic heterocycles. The van der Waals surface area contributed by atoms with E-state index >= 15 is 0 Å². The second-order valence-electron chi connectivity index (χ2n) is 16.1. The van der Waals surface area contributed by atoms with E-state index in [-0.39, 0.29) is 24.8 Å². The molecule has 4 aliphatic carbocycles. The van der Waals surface area contributed by atoms with E-state index in [1.807, 2.05) is 0 Å². The average molecular weight is 1040 g/mol. The maximum absolute atomic E-state index is 3.61. The molecule has 0 heterocycles. The standard InChI is InChI=1S/2C18H13.2C13H10.2ClH.2Zr/c2*1-2-6-13(5-1)14-9-10-18-16(11-14)12-15-7-3-4-8-17(15)18;2*1-3-7-12(8-4-1)11-13-9-5-2-6-10-13;;;;/h2*1-5,7-10H,6,12H2;2*1-10H;2*1H;;/q2*-1;;;;;;/p-2. The predicted molar refractivity (Wildman–Crippen MR) is 263 cm³/mol. The molecule has 66 heavy (non-hydrogen) atoms. The summed E-state index contributed by atoms with van der Waals surface area (Å²) in [5.41, 5.74) is 21.6. The number of rotatable bonds is 6. The van der Waals surface area contributed by atoms with Crippen molar-refractivity contribution in [1.82, 2.24) is 0 Å². The summed E-state index contributed by atoms with van der Waals surface area (Å²) in [4.78, 5) is 0. The van der Waals surface area contributed by atoms with Crippen molar-refractivity contribution in [2.24, 2.45) is 0 Å². The van der Waals surface area contributed by atoms with Crippen molar-refractivity contribution >= 4 is 17.6 Å². The second kappa shape index (κ2) is 24.0. The molecule has 0 spiro atoms. The first-order valence-corrected chi connectivity index (χ1v) is 24.4. The molecule has 0 unspecified atom stereocenters. The zero-order valence-corrected chi connectivity index (χ0v) is 43.0. The van der Waals surface area contributed by atoms with E-state index in [9.17, 15) is 0 Å². The van der Waals surface area contributed by atoms with Crippen LogP contribution in [0.3, 0.4) is 0 Å². The Hall–Kier alpha value is -5.19. The summed E-state index contributed by atoms with van der Waals surface area (Å²) in [6.07, 6.45) is 17.2. The predicted octanol–water partition coefficient (Wildman–Crippen LogP) is 8.41. The SMILES string of the molecule is [Cl-].[Cl-].[Zr]=[C](c1ccccc1)c1ccccc1.[Zr]=[C](c1ccccc1)c1ccccc1.[c-]1c(C2=CC=CC2)ccc2c1Cc1ccccc1-2.[c-]1c(C2=CC=CC2)ccc2c1Cc1ccccc1-2. The molecule has 0 bridgehead atoms. The molecule has 0 amide bonds. The molecule has 0 fully saturated rings. The Kier molecular flexibility index (Phi) is 17.7. The van der Waals surface area contributed by atoms with Crippen LogP contribution in [0.2, 0.25) is 0 Å². The summed E-state index contributed by atoms with van der Waals surface area (Å²) in [7, 11) is 0. The first kappa shape index (κ1) is 48.7. The van der Waals surface area contributed by atoms with Crippen LogP contribution < -0.4 is 24.8 Å². The van der Waals surface area contributed by atoms with Gasteiger partial charge in [-0.2, -0.15) is 0 Å². The van der Waals surface area contributed by atoms with Crippen LogP contribution >= 0.6 is 0 Å². The van der Waals surface area contributed by atoms with Gasteiger partial charge in [-0.25, -0.2) is 0 Å². The minimum absolute atomic E-state index is 0. The summed E-state index contributed by atoms with van der Waals surface area (Å²) in [5, 5.41) is 0. The normalized spacial score (nSPS) is 12.5. The van der Waals surface area contributed by atoms with Gasteiger partial charge in [-0.05, 0) is 36.8 Å². The smallest absolute Gasteiger partial charge is 0.0195 e. The van der Waals surface area contributed by atoms with E-state index in [0.717, 1.165) is 25.7 Å². The molecular formula is C62H46Cl2Zr2-4. The van der Waals surface area contributed by atoms with Gasteiger partial charge in [0.15, 0.2) is 0 Å². The number of benzene rings is 8. The van der Waals surface area contributed by atoms with E-state index in [0.29, 0.717) is 0 Å². The van der Waals surface area contributed by atoms with E-state index in [2.05, 4.69) is 243 Å². The fourth-order valence-corrected chi connectivity index (χ4v) is 10.2. The van der Waals surface area contributed by atoms with Gasteiger partial charge in [0.05, 0.1) is 0 Å². The van der Waals surface area contributed by atoms with Crippen molar-refractivity contribution in [3.63, 3.8) is 0 Å². The monoisotopic (exact) mass is 1040 g/mol. The largest absolute Gasteiger partial charge is 0.147 e. The van der Waals surface area contributed by atoms with Crippen molar-refractivity contribution < 1.29 is 73.3 Å². The Morgan fingerprint density at radius 3 is 0.985 bits per heavy atom. The Morgan fingerprint density at radius 1 is 0.348 bits per heavy atom. The third kappa shape index (κ3) is 11.8. The summed E-state index contributed by atoms with van der Waals surface area (Å²) in [6, 6.07) is 75.7. The third-order valence-electron chi connectivity index (χ3n) is 11.9. The first-order valence-electron chi connectivity index (χ1n) is 22.0. The van der Waals surface area contributed by atoms with E-state index in [1.54, 1.807) is 0 Å².